The lowest BCUT2D eigenvalue weighted by atomic mass is 9.75. The van der Waals surface area contributed by atoms with E-state index in [4.69, 9.17) is 14.2 Å². The van der Waals surface area contributed by atoms with E-state index in [1.54, 1.807) is 20.3 Å². The van der Waals surface area contributed by atoms with Gasteiger partial charge in [-0.15, -0.1) is 0 Å². The number of fused-ring (bicyclic) bond motifs is 2. The number of likely N-dealkylation sites (N-methyl/N-ethyl adjacent to an activating group) is 1. The summed E-state index contributed by atoms with van der Waals surface area (Å²) in [6, 6.07) is 3.83. The number of carbonyl (C=O) groups excluding carboxylic acids is 1. The Labute approximate surface area is 170 Å². The number of aromatic hydroxyl groups is 1. The number of hydrogen-bond acceptors (Lipinski definition) is 6. The largest absolute Gasteiger partial charge is 0.504 e. The van der Waals surface area contributed by atoms with Crippen LogP contribution in [0, 0.1) is 0 Å². The number of phenols is 1. The lowest BCUT2D eigenvalue weighted by Crippen LogP contribution is -2.36. The second kappa shape index (κ2) is 7.15. The number of nitrogens with zero attached hydrogens (tertiary/aromatic N) is 1. The summed E-state index contributed by atoms with van der Waals surface area (Å²) in [5.41, 5.74) is 5.27. The van der Waals surface area contributed by atoms with E-state index >= 15 is 0 Å². The van der Waals surface area contributed by atoms with Crippen molar-refractivity contribution in [2.75, 3.05) is 40.2 Å². The molecule has 0 fully saturated rings. The summed E-state index contributed by atoms with van der Waals surface area (Å²) in [5, 5.41) is 14.0. The van der Waals surface area contributed by atoms with Crippen LogP contribution in [0.25, 0.3) is 11.1 Å². The van der Waals surface area contributed by atoms with Gasteiger partial charge in [-0.2, -0.15) is 0 Å². The average molecular weight is 398 g/mol. The normalized spacial score (nSPS) is 17.2. The third-order valence-electron chi connectivity index (χ3n) is 5.95. The molecule has 7 nitrogen and oxygen atoms in total. The molecule has 154 valence electrons. The Morgan fingerprint density at radius 2 is 1.86 bits per heavy atom. The molecule has 0 aromatic heterocycles. The first-order valence-corrected chi connectivity index (χ1v) is 9.60. The Morgan fingerprint density at radius 1 is 1.14 bits per heavy atom. The number of hydrogen-bond donors (Lipinski definition) is 2. The molecule has 0 saturated heterocycles. The van der Waals surface area contributed by atoms with Crippen LogP contribution in [0.5, 0.6) is 23.0 Å². The Morgan fingerprint density at radius 3 is 2.48 bits per heavy atom. The molecule has 0 spiro atoms. The number of phenolic OH excluding ortho intramolecular Hbond substituents is 1. The van der Waals surface area contributed by atoms with Gasteiger partial charge in [-0.25, -0.2) is 0 Å². The van der Waals surface area contributed by atoms with Gasteiger partial charge in [-0.1, -0.05) is 0 Å². The highest BCUT2D eigenvalue weighted by Gasteiger charge is 2.39. The van der Waals surface area contributed by atoms with E-state index in [1.165, 1.54) is 19.6 Å². The van der Waals surface area contributed by atoms with Gasteiger partial charge in [0.05, 0.1) is 21.3 Å². The average Bonchev–Trinajstić information content (AvgIpc) is 2.71. The van der Waals surface area contributed by atoms with Crippen LogP contribution in [-0.4, -0.2) is 50.8 Å². The second-order valence-electron chi connectivity index (χ2n) is 7.52. The van der Waals surface area contributed by atoms with E-state index < -0.39 is 0 Å². The summed E-state index contributed by atoms with van der Waals surface area (Å²) < 4.78 is 16.8. The van der Waals surface area contributed by atoms with Crippen molar-refractivity contribution in [2.45, 2.75) is 25.8 Å². The van der Waals surface area contributed by atoms with Crippen molar-refractivity contribution >= 4 is 11.6 Å². The van der Waals surface area contributed by atoms with Crippen LogP contribution < -0.4 is 19.5 Å². The minimum Gasteiger partial charge on any atom is -0.504 e. The number of ether oxygens (including phenoxy) is 3. The molecule has 4 rings (SSSR count). The first-order valence-electron chi connectivity index (χ1n) is 9.60. The SMILES string of the molecule is COc1cc(NC(C)=O)c2c(c1O)-c1c(OC)c(OC)cc3c1[C@H](C2)N(C)CC3. The van der Waals surface area contributed by atoms with E-state index in [9.17, 15) is 9.90 Å². The summed E-state index contributed by atoms with van der Waals surface area (Å²) in [6.45, 7) is 2.39. The van der Waals surface area contributed by atoms with Crippen LogP contribution in [0.4, 0.5) is 5.69 Å². The maximum Gasteiger partial charge on any atom is 0.221 e. The lowest BCUT2D eigenvalue weighted by Gasteiger charge is -2.41. The number of anilines is 1. The fourth-order valence-electron chi connectivity index (χ4n) is 4.65. The third-order valence-corrected chi connectivity index (χ3v) is 5.95. The zero-order chi connectivity index (χ0) is 20.9. The Balaban J connectivity index is 2.13. The number of nitrogens with one attached hydrogen (secondary N) is 1. The van der Waals surface area contributed by atoms with Gasteiger partial charge in [-0.05, 0) is 42.6 Å². The third kappa shape index (κ3) is 2.88. The number of benzene rings is 2. The monoisotopic (exact) mass is 398 g/mol. The van der Waals surface area contributed by atoms with Crippen molar-refractivity contribution in [3.8, 4) is 34.1 Å². The van der Waals surface area contributed by atoms with Gasteiger partial charge in [0.15, 0.2) is 23.0 Å². The van der Waals surface area contributed by atoms with Gasteiger partial charge in [0.1, 0.15) is 0 Å². The number of rotatable bonds is 4. The predicted molar refractivity (Wildman–Crippen MR) is 110 cm³/mol. The molecule has 1 aliphatic carbocycles. The standard InChI is InChI=1S/C22H26N2O5/c1-11(25)23-14-10-16(27-3)21(26)19-13(14)9-15-18-12(6-7-24(15)2)8-17(28-4)22(29-5)20(18)19/h8,10,15,26H,6-7,9H2,1-5H3,(H,23,25)/t15-/m0/s1. The van der Waals surface area contributed by atoms with Crippen LogP contribution in [0.15, 0.2) is 12.1 Å². The quantitative estimate of drug-likeness (QED) is 0.771. The van der Waals surface area contributed by atoms with Crippen molar-refractivity contribution in [1.82, 2.24) is 4.90 Å². The molecule has 0 radical (unpaired) electrons. The summed E-state index contributed by atoms with van der Waals surface area (Å²) in [4.78, 5) is 14.2. The topological polar surface area (TPSA) is 80.3 Å². The molecule has 2 aliphatic rings. The summed E-state index contributed by atoms with van der Waals surface area (Å²) in [7, 11) is 6.81. The van der Waals surface area contributed by atoms with Gasteiger partial charge in [0.25, 0.3) is 0 Å². The highest BCUT2D eigenvalue weighted by molar-refractivity contribution is 5.96. The zero-order valence-electron chi connectivity index (χ0n) is 17.4. The van der Waals surface area contributed by atoms with E-state index in [0.29, 0.717) is 34.9 Å². The van der Waals surface area contributed by atoms with Gasteiger partial charge in [-0.3, -0.25) is 9.69 Å². The zero-order valence-corrected chi connectivity index (χ0v) is 17.4. The second-order valence-corrected chi connectivity index (χ2v) is 7.52. The Hall–Kier alpha value is -2.93. The van der Waals surface area contributed by atoms with E-state index in [0.717, 1.165) is 29.7 Å². The molecule has 0 saturated carbocycles. The summed E-state index contributed by atoms with van der Waals surface area (Å²) in [5.74, 6) is 1.36. The first kappa shape index (κ1) is 19.4. The molecule has 2 N–H and O–H groups in total. The van der Waals surface area contributed by atoms with Crippen molar-refractivity contribution in [1.29, 1.82) is 0 Å². The fourth-order valence-corrected chi connectivity index (χ4v) is 4.65. The molecule has 7 heteroatoms. The maximum absolute atomic E-state index is 11.9. The smallest absolute Gasteiger partial charge is 0.221 e. The molecule has 0 unspecified atom stereocenters. The molecule has 0 bridgehead atoms. The minimum atomic E-state index is -0.180. The van der Waals surface area contributed by atoms with Gasteiger partial charge in [0, 0.05) is 42.4 Å². The number of methoxy groups -OCH3 is 3. The van der Waals surface area contributed by atoms with Crippen molar-refractivity contribution in [3.63, 3.8) is 0 Å². The maximum atomic E-state index is 11.9. The van der Waals surface area contributed by atoms with Gasteiger partial charge < -0.3 is 24.6 Å². The van der Waals surface area contributed by atoms with Gasteiger partial charge in [0.2, 0.25) is 5.91 Å². The lowest BCUT2D eigenvalue weighted by molar-refractivity contribution is -0.114. The minimum absolute atomic E-state index is 0.0389. The summed E-state index contributed by atoms with van der Waals surface area (Å²) in [6.07, 6.45) is 1.54. The van der Waals surface area contributed by atoms with E-state index in [1.807, 2.05) is 6.07 Å². The Bertz CT molecular complexity index is 1000. The van der Waals surface area contributed by atoms with E-state index in [-0.39, 0.29) is 17.7 Å². The molecule has 1 heterocycles. The molecular formula is C22H26N2O5. The van der Waals surface area contributed by atoms with Crippen LogP contribution in [0.1, 0.15) is 29.7 Å². The molecular weight excluding hydrogens is 372 g/mol. The fraction of sp³-hybridized carbons (Fsp3) is 0.409. The molecule has 2 aromatic rings. The first-order chi connectivity index (χ1) is 13.9. The highest BCUT2D eigenvalue weighted by Crippen LogP contribution is 2.57. The van der Waals surface area contributed by atoms with Gasteiger partial charge >= 0.3 is 0 Å². The van der Waals surface area contributed by atoms with Crippen molar-refractivity contribution < 1.29 is 24.1 Å². The highest BCUT2D eigenvalue weighted by atomic mass is 16.5. The van der Waals surface area contributed by atoms with Crippen molar-refractivity contribution in [2.24, 2.45) is 0 Å². The molecule has 1 amide bonds. The van der Waals surface area contributed by atoms with Crippen LogP contribution in [0.2, 0.25) is 0 Å². The molecule has 1 atom stereocenters. The predicted octanol–water partition coefficient (Wildman–Crippen LogP) is 3.13. The summed E-state index contributed by atoms with van der Waals surface area (Å²) >= 11 is 0. The molecule has 29 heavy (non-hydrogen) atoms. The molecule has 1 aliphatic heterocycles. The van der Waals surface area contributed by atoms with Crippen LogP contribution in [0.3, 0.4) is 0 Å². The molecule has 2 aromatic carbocycles. The van der Waals surface area contributed by atoms with Crippen LogP contribution in [-0.2, 0) is 17.6 Å². The van der Waals surface area contributed by atoms with E-state index in [2.05, 4.69) is 17.3 Å². The van der Waals surface area contributed by atoms with Crippen LogP contribution >= 0.6 is 0 Å². The Kier molecular flexibility index (Phi) is 4.78. The van der Waals surface area contributed by atoms with Crippen molar-refractivity contribution in [3.05, 3.63) is 28.8 Å². The number of carbonyl (C=O) groups is 1. The number of amides is 1.